The molecule has 7 heteroatoms. The number of rotatable bonds is 4. The fourth-order valence-electron chi connectivity index (χ4n) is 2.41. The third-order valence-corrected chi connectivity index (χ3v) is 3.54. The number of anilines is 1. The number of hydrogen-bond donors (Lipinski definition) is 2. The number of nitrogens with zero attached hydrogens (tertiary/aromatic N) is 3. The maximum Gasteiger partial charge on any atom is 0.322 e. The molecule has 2 atom stereocenters. The first-order valence-corrected chi connectivity index (χ1v) is 6.66. The highest BCUT2D eigenvalue weighted by Crippen LogP contribution is 2.18. The molecule has 0 radical (unpaired) electrons. The van der Waals surface area contributed by atoms with E-state index >= 15 is 0 Å². The highest BCUT2D eigenvalue weighted by molar-refractivity contribution is 5.90. The molecule has 0 saturated carbocycles. The van der Waals surface area contributed by atoms with Crippen molar-refractivity contribution in [2.45, 2.75) is 32.7 Å². The monoisotopic (exact) mass is 267 g/mol. The van der Waals surface area contributed by atoms with Crippen LogP contribution in [-0.2, 0) is 4.79 Å². The summed E-state index contributed by atoms with van der Waals surface area (Å²) >= 11 is 0. The quantitative estimate of drug-likeness (QED) is 0.818. The summed E-state index contributed by atoms with van der Waals surface area (Å²) in [6.45, 7) is 5.88. The van der Waals surface area contributed by atoms with Gasteiger partial charge in [0.2, 0.25) is 11.8 Å². The molecule has 1 aromatic rings. The van der Waals surface area contributed by atoms with Crippen LogP contribution in [0.25, 0.3) is 0 Å². The van der Waals surface area contributed by atoms with E-state index in [2.05, 4.69) is 27.3 Å². The van der Waals surface area contributed by atoms with E-state index in [4.69, 9.17) is 10.2 Å². The van der Waals surface area contributed by atoms with Crippen molar-refractivity contribution in [1.82, 2.24) is 15.1 Å². The Hall–Kier alpha value is -1.47. The number of likely N-dealkylation sites (tertiary alicyclic amines) is 1. The number of amides is 1. The molecule has 1 aliphatic rings. The highest BCUT2D eigenvalue weighted by Gasteiger charge is 2.26. The van der Waals surface area contributed by atoms with Gasteiger partial charge >= 0.3 is 6.01 Å². The van der Waals surface area contributed by atoms with Gasteiger partial charge in [0, 0.05) is 26.1 Å². The average Bonchev–Trinajstić information content (AvgIpc) is 2.77. The van der Waals surface area contributed by atoms with Crippen molar-refractivity contribution in [2.75, 3.05) is 25.0 Å². The van der Waals surface area contributed by atoms with Crippen LogP contribution in [0.1, 0.15) is 25.7 Å². The maximum atomic E-state index is 11.9. The molecule has 0 bridgehead atoms. The number of carbonyl (C=O) groups is 1. The second-order valence-electron chi connectivity index (χ2n) is 5.03. The first kappa shape index (κ1) is 14.0. The van der Waals surface area contributed by atoms with Crippen molar-refractivity contribution in [1.29, 1.82) is 0 Å². The Morgan fingerprint density at radius 2 is 2.37 bits per heavy atom. The van der Waals surface area contributed by atoms with Crippen LogP contribution < -0.4 is 11.1 Å². The first-order valence-electron chi connectivity index (χ1n) is 6.66. The molecule has 1 saturated heterocycles. The Morgan fingerprint density at radius 3 is 3.00 bits per heavy atom. The minimum Gasteiger partial charge on any atom is -0.408 e. The standard InChI is InChI=1S/C12H21N5O2/c1-3-9-6-17(5-4-10(9)13)7-11(18)14-12-16-15-8(2)19-12/h9-10H,3-7,13H2,1-2H3,(H,14,16,18). The van der Waals surface area contributed by atoms with Gasteiger partial charge in [-0.1, -0.05) is 18.4 Å². The second kappa shape index (κ2) is 6.12. The van der Waals surface area contributed by atoms with Crippen LogP contribution in [-0.4, -0.2) is 46.7 Å². The van der Waals surface area contributed by atoms with E-state index in [-0.39, 0.29) is 18.0 Å². The fraction of sp³-hybridized carbons (Fsp3) is 0.750. The number of aromatic nitrogens is 2. The molecular formula is C12H21N5O2. The summed E-state index contributed by atoms with van der Waals surface area (Å²) in [5.74, 6) is 0.770. The molecule has 3 N–H and O–H groups in total. The van der Waals surface area contributed by atoms with Crippen LogP contribution in [0, 0.1) is 12.8 Å². The normalized spacial score (nSPS) is 24.4. The van der Waals surface area contributed by atoms with Crippen molar-refractivity contribution in [3.8, 4) is 0 Å². The van der Waals surface area contributed by atoms with Crippen molar-refractivity contribution < 1.29 is 9.21 Å². The Labute approximate surface area is 112 Å². The third kappa shape index (κ3) is 3.74. The van der Waals surface area contributed by atoms with Gasteiger partial charge in [-0.15, -0.1) is 5.10 Å². The molecule has 1 aromatic heterocycles. The lowest BCUT2D eigenvalue weighted by molar-refractivity contribution is -0.117. The number of aryl methyl sites for hydroxylation is 1. The van der Waals surface area contributed by atoms with E-state index in [9.17, 15) is 4.79 Å². The Morgan fingerprint density at radius 1 is 1.58 bits per heavy atom. The van der Waals surface area contributed by atoms with E-state index in [0.29, 0.717) is 18.4 Å². The molecule has 0 aliphatic carbocycles. The van der Waals surface area contributed by atoms with E-state index < -0.39 is 0 Å². The van der Waals surface area contributed by atoms with Crippen molar-refractivity contribution in [2.24, 2.45) is 11.7 Å². The van der Waals surface area contributed by atoms with Crippen LogP contribution in [0.5, 0.6) is 0 Å². The zero-order chi connectivity index (χ0) is 13.8. The van der Waals surface area contributed by atoms with Crippen LogP contribution >= 0.6 is 0 Å². The Kier molecular flexibility index (Phi) is 4.49. The van der Waals surface area contributed by atoms with E-state index in [1.54, 1.807) is 6.92 Å². The molecule has 0 spiro atoms. The zero-order valence-electron chi connectivity index (χ0n) is 11.4. The van der Waals surface area contributed by atoms with Crippen molar-refractivity contribution in [3.05, 3.63) is 5.89 Å². The summed E-state index contributed by atoms with van der Waals surface area (Å²) in [5, 5.41) is 10.00. The van der Waals surface area contributed by atoms with E-state index in [1.807, 2.05) is 0 Å². The second-order valence-corrected chi connectivity index (χ2v) is 5.03. The van der Waals surface area contributed by atoms with Crippen LogP contribution in [0.3, 0.4) is 0 Å². The predicted molar refractivity (Wildman–Crippen MR) is 70.5 cm³/mol. The molecule has 2 rings (SSSR count). The van der Waals surface area contributed by atoms with Gasteiger partial charge in [0.25, 0.3) is 0 Å². The minimum absolute atomic E-state index is 0.131. The van der Waals surface area contributed by atoms with Gasteiger partial charge in [0.1, 0.15) is 0 Å². The molecule has 0 aromatic carbocycles. The first-order chi connectivity index (χ1) is 9.08. The number of hydrogen-bond acceptors (Lipinski definition) is 6. The zero-order valence-corrected chi connectivity index (χ0v) is 11.4. The van der Waals surface area contributed by atoms with E-state index in [0.717, 1.165) is 25.9 Å². The van der Waals surface area contributed by atoms with Gasteiger partial charge in [0.05, 0.1) is 6.54 Å². The summed E-state index contributed by atoms with van der Waals surface area (Å²) in [6.07, 6.45) is 1.98. The number of nitrogens with two attached hydrogens (primary N) is 1. The lowest BCUT2D eigenvalue weighted by atomic mass is 9.91. The summed E-state index contributed by atoms with van der Waals surface area (Å²) in [5.41, 5.74) is 6.05. The number of nitrogens with one attached hydrogen (secondary N) is 1. The summed E-state index contributed by atoms with van der Waals surface area (Å²) in [4.78, 5) is 14.0. The van der Waals surface area contributed by atoms with Gasteiger partial charge in [-0.25, -0.2) is 0 Å². The topological polar surface area (TPSA) is 97.3 Å². The SMILES string of the molecule is CCC1CN(CC(=O)Nc2nnc(C)o2)CCC1N. The molecular weight excluding hydrogens is 246 g/mol. The van der Waals surface area contributed by atoms with Crippen LogP contribution in [0.4, 0.5) is 6.01 Å². The molecule has 2 heterocycles. The molecule has 1 aliphatic heterocycles. The predicted octanol–water partition coefficient (Wildman–Crippen LogP) is 0.376. The molecule has 19 heavy (non-hydrogen) atoms. The van der Waals surface area contributed by atoms with Gasteiger partial charge in [-0.2, -0.15) is 0 Å². The Bertz CT molecular complexity index is 434. The van der Waals surface area contributed by atoms with Gasteiger partial charge < -0.3 is 10.2 Å². The summed E-state index contributed by atoms with van der Waals surface area (Å²) in [6, 6.07) is 0.408. The molecule has 7 nitrogen and oxygen atoms in total. The smallest absolute Gasteiger partial charge is 0.322 e. The van der Waals surface area contributed by atoms with Crippen molar-refractivity contribution in [3.63, 3.8) is 0 Å². The fourth-order valence-corrected chi connectivity index (χ4v) is 2.41. The molecule has 106 valence electrons. The van der Waals surface area contributed by atoms with Crippen molar-refractivity contribution >= 4 is 11.9 Å². The Balaban J connectivity index is 1.82. The van der Waals surface area contributed by atoms with Gasteiger partial charge in [-0.05, 0) is 12.3 Å². The van der Waals surface area contributed by atoms with Crippen LogP contribution in [0.2, 0.25) is 0 Å². The van der Waals surface area contributed by atoms with E-state index in [1.165, 1.54) is 0 Å². The lowest BCUT2D eigenvalue weighted by Crippen LogP contribution is -2.48. The molecule has 2 unspecified atom stereocenters. The molecule has 1 amide bonds. The largest absolute Gasteiger partial charge is 0.408 e. The average molecular weight is 267 g/mol. The minimum atomic E-state index is -0.131. The van der Waals surface area contributed by atoms with Gasteiger partial charge in [0.15, 0.2) is 0 Å². The highest BCUT2D eigenvalue weighted by atomic mass is 16.4. The van der Waals surface area contributed by atoms with Gasteiger partial charge in [-0.3, -0.25) is 15.0 Å². The van der Waals surface area contributed by atoms with Crippen LogP contribution in [0.15, 0.2) is 4.42 Å². The number of piperidine rings is 1. The lowest BCUT2D eigenvalue weighted by Gasteiger charge is -2.35. The third-order valence-electron chi connectivity index (χ3n) is 3.54. The number of carbonyl (C=O) groups excluding carboxylic acids is 1. The molecule has 1 fully saturated rings. The summed E-state index contributed by atoms with van der Waals surface area (Å²) < 4.78 is 5.11. The summed E-state index contributed by atoms with van der Waals surface area (Å²) in [7, 11) is 0. The maximum absolute atomic E-state index is 11.9.